The number of hydrogen-bond acceptors (Lipinski definition) is 3. The van der Waals surface area contributed by atoms with Crippen LogP contribution in [0.3, 0.4) is 0 Å². The van der Waals surface area contributed by atoms with Crippen LogP contribution in [0, 0.1) is 5.92 Å². The minimum Gasteiger partial charge on any atom is -0.446 e. The molecule has 2 fully saturated rings. The first-order valence-corrected chi connectivity index (χ1v) is 6.72. The molecular weight excluding hydrogens is 218 g/mol. The summed E-state index contributed by atoms with van der Waals surface area (Å²) in [5.41, 5.74) is 0. The third-order valence-electron chi connectivity index (χ3n) is 3.64. The molecule has 1 atom stereocenters. The van der Waals surface area contributed by atoms with E-state index in [0.717, 1.165) is 44.8 Å². The number of carbonyl (C=O) groups excluding carboxylic acids is 2. The lowest BCUT2D eigenvalue weighted by molar-refractivity contribution is -0.110. The highest BCUT2D eigenvalue weighted by atomic mass is 16.6. The summed E-state index contributed by atoms with van der Waals surface area (Å²) in [6.45, 7) is 0. The van der Waals surface area contributed by atoms with E-state index in [9.17, 15) is 9.59 Å². The molecule has 0 aromatic carbocycles. The Labute approximate surface area is 102 Å². The van der Waals surface area contributed by atoms with E-state index in [1.54, 1.807) is 0 Å². The van der Waals surface area contributed by atoms with E-state index in [4.69, 9.17) is 4.74 Å². The zero-order chi connectivity index (χ0) is 12.1. The molecule has 0 heterocycles. The van der Waals surface area contributed by atoms with Gasteiger partial charge in [-0.05, 0) is 31.6 Å². The first-order chi connectivity index (χ1) is 8.29. The molecule has 2 aliphatic carbocycles. The van der Waals surface area contributed by atoms with E-state index in [0.29, 0.717) is 5.92 Å². The average molecular weight is 239 g/mol. The Bertz CT molecular complexity index is 268. The van der Waals surface area contributed by atoms with E-state index < -0.39 is 6.09 Å². The molecule has 2 saturated carbocycles. The lowest BCUT2D eigenvalue weighted by Gasteiger charge is -2.21. The van der Waals surface area contributed by atoms with Gasteiger partial charge in [-0.1, -0.05) is 25.7 Å². The van der Waals surface area contributed by atoms with Gasteiger partial charge < -0.3 is 14.8 Å². The fourth-order valence-corrected chi connectivity index (χ4v) is 2.44. The number of carbonyl (C=O) groups is 2. The maximum Gasteiger partial charge on any atom is 0.407 e. The van der Waals surface area contributed by atoms with Gasteiger partial charge in [-0.3, -0.25) is 0 Å². The lowest BCUT2D eigenvalue weighted by atomic mass is 9.93. The van der Waals surface area contributed by atoms with Gasteiger partial charge in [-0.25, -0.2) is 4.79 Å². The van der Waals surface area contributed by atoms with Gasteiger partial charge in [0.2, 0.25) is 0 Å². The van der Waals surface area contributed by atoms with Gasteiger partial charge in [0, 0.05) is 0 Å². The van der Waals surface area contributed by atoms with Gasteiger partial charge in [-0.2, -0.15) is 0 Å². The van der Waals surface area contributed by atoms with E-state index in [1.165, 1.54) is 12.8 Å². The van der Waals surface area contributed by atoms with Gasteiger partial charge in [0.15, 0.2) is 0 Å². The first-order valence-electron chi connectivity index (χ1n) is 6.72. The molecule has 1 N–H and O–H groups in total. The maximum atomic E-state index is 11.5. The van der Waals surface area contributed by atoms with Crippen molar-refractivity contribution < 1.29 is 14.3 Å². The minimum absolute atomic E-state index is 0.0939. The van der Waals surface area contributed by atoms with Crippen LogP contribution < -0.4 is 5.32 Å². The molecule has 1 unspecified atom stereocenters. The molecule has 0 aliphatic heterocycles. The molecule has 1 amide bonds. The third kappa shape index (κ3) is 4.02. The minimum atomic E-state index is -0.422. The summed E-state index contributed by atoms with van der Waals surface area (Å²) in [5.74, 6) is 0.293. The molecule has 4 nitrogen and oxygen atoms in total. The third-order valence-corrected chi connectivity index (χ3v) is 3.64. The van der Waals surface area contributed by atoms with E-state index in [2.05, 4.69) is 5.32 Å². The number of ether oxygens (including phenoxy) is 1. The molecule has 0 aromatic heterocycles. The van der Waals surface area contributed by atoms with Gasteiger partial charge >= 0.3 is 6.09 Å². The zero-order valence-electron chi connectivity index (χ0n) is 10.2. The maximum absolute atomic E-state index is 11.5. The Balaban J connectivity index is 1.80. The van der Waals surface area contributed by atoms with E-state index >= 15 is 0 Å². The van der Waals surface area contributed by atoms with Crippen molar-refractivity contribution in [3.05, 3.63) is 0 Å². The first kappa shape index (κ1) is 12.4. The van der Waals surface area contributed by atoms with Crippen molar-refractivity contribution in [2.45, 2.75) is 63.5 Å². The molecule has 4 heteroatoms. The number of aldehydes is 1. The molecule has 96 valence electrons. The van der Waals surface area contributed by atoms with Crippen LogP contribution in [0.15, 0.2) is 0 Å². The smallest absolute Gasteiger partial charge is 0.407 e. The van der Waals surface area contributed by atoms with Crippen molar-refractivity contribution in [3.63, 3.8) is 0 Å². The Morgan fingerprint density at radius 2 is 1.76 bits per heavy atom. The lowest BCUT2D eigenvalue weighted by Crippen LogP contribution is -2.42. The van der Waals surface area contributed by atoms with Gasteiger partial charge in [0.1, 0.15) is 12.4 Å². The second-order valence-electron chi connectivity index (χ2n) is 5.16. The van der Waals surface area contributed by atoms with E-state index in [1.807, 2.05) is 0 Å². The average Bonchev–Trinajstić information content (AvgIpc) is 3.12. The van der Waals surface area contributed by atoms with Crippen molar-refractivity contribution in [1.82, 2.24) is 5.32 Å². The Morgan fingerprint density at radius 1 is 1.12 bits per heavy atom. The number of alkyl carbamates (subject to hydrolysis) is 1. The van der Waals surface area contributed by atoms with Gasteiger partial charge in [0.05, 0.1) is 6.04 Å². The van der Waals surface area contributed by atoms with Crippen LogP contribution >= 0.6 is 0 Å². The number of hydrogen-bond donors (Lipinski definition) is 1. The summed E-state index contributed by atoms with van der Waals surface area (Å²) in [5, 5.41) is 2.71. The number of nitrogens with one attached hydrogen (secondary N) is 1. The molecule has 2 rings (SSSR count). The van der Waals surface area contributed by atoms with Gasteiger partial charge in [-0.15, -0.1) is 0 Å². The second-order valence-corrected chi connectivity index (χ2v) is 5.16. The van der Waals surface area contributed by atoms with Crippen molar-refractivity contribution in [3.8, 4) is 0 Å². The SMILES string of the molecule is O=CC(NC(=O)OC1CC1)C1CCCCCC1. The van der Waals surface area contributed by atoms with Crippen LogP contribution in [0.25, 0.3) is 0 Å². The molecule has 2 aliphatic rings. The predicted octanol–water partition coefficient (Wildman–Crippen LogP) is 2.41. The fourth-order valence-electron chi connectivity index (χ4n) is 2.44. The van der Waals surface area contributed by atoms with Crippen LogP contribution in [0.1, 0.15) is 51.4 Å². The normalized spacial score (nSPS) is 23.5. The van der Waals surface area contributed by atoms with Crippen LogP contribution in [-0.2, 0) is 9.53 Å². The molecular formula is C13H21NO3. The largest absolute Gasteiger partial charge is 0.446 e. The van der Waals surface area contributed by atoms with Crippen LogP contribution in [0.4, 0.5) is 4.79 Å². The molecule has 0 saturated heterocycles. The molecule has 17 heavy (non-hydrogen) atoms. The Hall–Kier alpha value is -1.06. The zero-order valence-corrected chi connectivity index (χ0v) is 10.2. The number of rotatable bonds is 4. The van der Waals surface area contributed by atoms with Crippen molar-refractivity contribution in [1.29, 1.82) is 0 Å². The summed E-state index contributed by atoms with van der Waals surface area (Å²) < 4.78 is 5.11. The van der Waals surface area contributed by atoms with Gasteiger partial charge in [0.25, 0.3) is 0 Å². The molecule has 0 bridgehead atoms. The Morgan fingerprint density at radius 3 is 2.29 bits per heavy atom. The Kier molecular flexibility index (Phi) is 4.40. The standard InChI is InChI=1S/C13H21NO3/c15-9-12(10-5-3-1-2-4-6-10)14-13(16)17-11-7-8-11/h9-12H,1-8H2,(H,14,16). The highest BCUT2D eigenvalue weighted by Crippen LogP contribution is 2.26. The predicted molar refractivity (Wildman–Crippen MR) is 63.7 cm³/mol. The quantitative estimate of drug-likeness (QED) is 0.605. The molecule has 0 spiro atoms. The molecule has 0 aromatic rings. The monoisotopic (exact) mass is 239 g/mol. The number of amides is 1. The fraction of sp³-hybridized carbons (Fsp3) is 0.846. The summed E-state index contributed by atoms with van der Waals surface area (Å²) in [7, 11) is 0. The summed E-state index contributed by atoms with van der Waals surface area (Å²) in [6.07, 6.45) is 9.34. The van der Waals surface area contributed by atoms with Crippen molar-refractivity contribution >= 4 is 12.4 Å². The van der Waals surface area contributed by atoms with Crippen LogP contribution in [-0.4, -0.2) is 24.5 Å². The van der Waals surface area contributed by atoms with Crippen LogP contribution in [0.2, 0.25) is 0 Å². The van der Waals surface area contributed by atoms with Crippen LogP contribution in [0.5, 0.6) is 0 Å². The summed E-state index contributed by atoms with van der Waals surface area (Å²) >= 11 is 0. The topological polar surface area (TPSA) is 55.4 Å². The van der Waals surface area contributed by atoms with Crippen molar-refractivity contribution in [2.75, 3.05) is 0 Å². The van der Waals surface area contributed by atoms with E-state index in [-0.39, 0.29) is 12.1 Å². The molecule has 0 radical (unpaired) electrons. The highest BCUT2D eigenvalue weighted by Gasteiger charge is 2.29. The summed E-state index contributed by atoms with van der Waals surface area (Å²) in [6, 6.07) is -0.362. The second kappa shape index (κ2) is 6.03. The summed E-state index contributed by atoms with van der Waals surface area (Å²) in [4.78, 5) is 22.6. The highest BCUT2D eigenvalue weighted by molar-refractivity contribution is 5.73. The van der Waals surface area contributed by atoms with Crippen molar-refractivity contribution in [2.24, 2.45) is 5.92 Å².